The van der Waals surface area contributed by atoms with Gasteiger partial charge in [0.15, 0.2) is 0 Å². The lowest BCUT2D eigenvalue weighted by Crippen LogP contribution is -2.39. The van der Waals surface area contributed by atoms with Gasteiger partial charge in [0.25, 0.3) is 0 Å². The second-order valence-corrected chi connectivity index (χ2v) is 4.76. The SMILES string of the molecule is CCc1cc(CNC2CC(C)C2)n(C)n1. The van der Waals surface area contributed by atoms with Gasteiger partial charge in [0.2, 0.25) is 0 Å². The van der Waals surface area contributed by atoms with Gasteiger partial charge in [0, 0.05) is 19.6 Å². The average molecular weight is 207 g/mol. The fourth-order valence-corrected chi connectivity index (χ4v) is 2.23. The lowest BCUT2D eigenvalue weighted by molar-refractivity contribution is 0.239. The largest absolute Gasteiger partial charge is 0.308 e. The van der Waals surface area contributed by atoms with Crippen molar-refractivity contribution in [2.75, 3.05) is 0 Å². The third-order valence-electron chi connectivity index (χ3n) is 3.34. The summed E-state index contributed by atoms with van der Waals surface area (Å²) in [7, 11) is 2.03. The zero-order valence-corrected chi connectivity index (χ0v) is 9.95. The molecule has 3 nitrogen and oxygen atoms in total. The molecule has 0 radical (unpaired) electrons. The molecule has 1 fully saturated rings. The van der Waals surface area contributed by atoms with Crippen molar-refractivity contribution in [3.63, 3.8) is 0 Å². The predicted molar refractivity (Wildman–Crippen MR) is 61.6 cm³/mol. The highest BCUT2D eigenvalue weighted by atomic mass is 15.3. The van der Waals surface area contributed by atoms with Crippen molar-refractivity contribution in [2.24, 2.45) is 13.0 Å². The minimum absolute atomic E-state index is 0.736. The van der Waals surface area contributed by atoms with E-state index in [4.69, 9.17) is 0 Å². The summed E-state index contributed by atoms with van der Waals surface area (Å²) in [4.78, 5) is 0. The molecule has 3 heteroatoms. The third kappa shape index (κ3) is 2.40. The first-order valence-electron chi connectivity index (χ1n) is 5.94. The number of nitrogens with one attached hydrogen (secondary N) is 1. The van der Waals surface area contributed by atoms with E-state index in [-0.39, 0.29) is 0 Å². The van der Waals surface area contributed by atoms with Crippen LogP contribution in [0.5, 0.6) is 0 Å². The molecule has 1 aromatic heterocycles. The molecule has 84 valence electrons. The summed E-state index contributed by atoms with van der Waals surface area (Å²) in [6, 6.07) is 2.94. The number of aryl methyl sites for hydroxylation is 2. The molecule has 2 rings (SSSR count). The molecular weight excluding hydrogens is 186 g/mol. The second-order valence-electron chi connectivity index (χ2n) is 4.76. The van der Waals surface area contributed by atoms with Crippen LogP contribution in [0.2, 0.25) is 0 Å². The number of rotatable bonds is 4. The van der Waals surface area contributed by atoms with Crippen LogP contribution in [-0.4, -0.2) is 15.8 Å². The van der Waals surface area contributed by atoms with Gasteiger partial charge in [-0.15, -0.1) is 0 Å². The number of nitrogens with zero attached hydrogens (tertiary/aromatic N) is 2. The van der Waals surface area contributed by atoms with Gasteiger partial charge in [-0.25, -0.2) is 0 Å². The second kappa shape index (κ2) is 4.35. The zero-order chi connectivity index (χ0) is 10.8. The quantitative estimate of drug-likeness (QED) is 0.817. The summed E-state index contributed by atoms with van der Waals surface area (Å²) in [5.74, 6) is 0.917. The molecule has 1 aliphatic rings. The Bertz CT molecular complexity index is 324. The number of aromatic nitrogens is 2. The molecule has 0 atom stereocenters. The minimum atomic E-state index is 0.736. The van der Waals surface area contributed by atoms with Crippen molar-refractivity contribution in [1.29, 1.82) is 0 Å². The Balaban J connectivity index is 1.85. The Kier molecular flexibility index (Phi) is 3.10. The molecule has 0 spiro atoms. The highest BCUT2D eigenvalue weighted by Crippen LogP contribution is 2.26. The predicted octanol–water partition coefficient (Wildman–Crippen LogP) is 1.87. The summed E-state index contributed by atoms with van der Waals surface area (Å²) in [6.45, 7) is 5.42. The Morgan fingerprint density at radius 1 is 1.53 bits per heavy atom. The summed E-state index contributed by atoms with van der Waals surface area (Å²) in [6.07, 6.45) is 3.69. The summed E-state index contributed by atoms with van der Waals surface area (Å²) in [5, 5.41) is 8.03. The summed E-state index contributed by atoms with van der Waals surface area (Å²) in [5.41, 5.74) is 2.49. The van der Waals surface area contributed by atoms with Crippen LogP contribution < -0.4 is 5.32 Å². The molecule has 0 aromatic carbocycles. The molecule has 15 heavy (non-hydrogen) atoms. The van der Waals surface area contributed by atoms with E-state index in [1.165, 1.54) is 24.2 Å². The van der Waals surface area contributed by atoms with Crippen LogP contribution in [0.1, 0.15) is 38.1 Å². The zero-order valence-electron chi connectivity index (χ0n) is 9.95. The lowest BCUT2D eigenvalue weighted by atomic mass is 9.82. The topological polar surface area (TPSA) is 29.9 Å². The molecule has 0 bridgehead atoms. The number of hydrogen-bond acceptors (Lipinski definition) is 2. The normalized spacial score (nSPS) is 25.3. The first-order valence-corrected chi connectivity index (χ1v) is 5.94. The molecule has 0 saturated heterocycles. The van der Waals surface area contributed by atoms with E-state index in [0.29, 0.717) is 0 Å². The van der Waals surface area contributed by atoms with Crippen molar-refractivity contribution in [3.05, 3.63) is 17.5 Å². The van der Waals surface area contributed by atoms with Crippen LogP contribution >= 0.6 is 0 Å². The van der Waals surface area contributed by atoms with Crippen molar-refractivity contribution in [1.82, 2.24) is 15.1 Å². The molecule has 1 heterocycles. The van der Waals surface area contributed by atoms with Gasteiger partial charge in [-0.05, 0) is 31.2 Å². The maximum absolute atomic E-state index is 4.44. The minimum Gasteiger partial charge on any atom is -0.308 e. The van der Waals surface area contributed by atoms with Gasteiger partial charge < -0.3 is 5.32 Å². The van der Waals surface area contributed by atoms with E-state index >= 15 is 0 Å². The Hall–Kier alpha value is -0.830. The van der Waals surface area contributed by atoms with Crippen molar-refractivity contribution in [2.45, 2.75) is 45.7 Å². The Labute approximate surface area is 91.9 Å². The summed E-state index contributed by atoms with van der Waals surface area (Å²) >= 11 is 0. The molecular formula is C12H21N3. The van der Waals surface area contributed by atoms with Crippen LogP contribution in [0, 0.1) is 5.92 Å². The van der Waals surface area contributed by atoms with Gasteiger partial charge >= 0.3 is 0 Å². The molecule has 0 amide bonds. The van der Waals surface area contributed by atoms with Gasteiger partial charge in [0.1, 0.15) is 0 Å². The number of hydrogen-bond donors (Lipinski definition) is 1. The molecule has 1 aliphatic carbocycles. The lowest BCUT2D eigenvalue weighted by Gasteiger charge is -2.33. The Morgan fingerprint density at radius 2 is 2.27 bits per heavy atom. The van der Waals surface area contributed by atoms with Crippen LogP contribution in [-0.2, 0) is 20.0 Å². The van der Waals surface area contributed by atoms with Crippen molar-refractivity contribution < 1.29 is 0 Å². The van der Waals surface area contributed by atoms with E-state index in [2.05, 4.69) is 30.3 Å². The van der Waals surface area contributed by atoms with Gasteiger partial charge in [-0.1, -0.05) is 13.8 Å². The smallest absolute Gasteiger partial charge is 0.0625 e. The van der Waals surface area contributed by atoms with E-state index < -0.39 is 0 Å². The van der Waals surface area contributed by atoms with Gasteiger partial charge in [-0.2, -0.15) is 5.10 Å². The molecule has 0 unspecified atom stereocenters. The Morgan fingerprint density at radius 3 is 2.80 bits per heavy atom. The average Bonchev–Trinajstić information content (AvgIpc) is 2.52. The molecule has 1 saturated carbocycles. The molecule has 0 aliphatic heterocycles. The van der Waals surface area contributed by atoms with Crippen molar-refractivity contribution >= 4 is 0 Å². The van der Waals surface area contributed by atoms with E-state index in [9.17, 15) is 0 Å². The molecule has 1 N–H and O–H groups in total. The maximum Gasteiger partial charge on any atom is 0.0625 e. The van der Waals surface area contributed by atoms with E-state index in [1.54, 1.807) is 0 Å². The fourth-order valence-electron chi connectivity index (χ4n) is 2.23. The highest BCUT2D eigenvalue weighted by Gasteiger charge is 2.24. The maximum atomic E-state index is 4.44. The van der Waals surface area contributed by atoms with Crippen LogP contribution in [0.25, 0.3) is 0 Å². The monoisotopic (exact) mass is 207 g/mol. The fraction of sp³-hybridized carbons (Fsp3) is 0.750. The van der Waals surface area contributed by atoms with Gasteiger partial charge in [-0.3, -0.25) is 4.68 Å². The standard InChI is InChI=1S/C12H21N3/c1-4-10-7-12(15(3)14-10)8-13-11-5-9(2)6-11/h7,9,11,13H,4-6,8H2,1-3H3. The third-order valence-corrected chi connectivity index (χ3v) is 3.34. The van der Waals surface area contributed by atoms with Crippen LogP contribution in [0.4, 0.5) is 0 Å². The first kappa shape index (κ1) is 10.7. The van der Waals surface area contributed by atoms with E-state index in [0.717, 1.165) is 24.9 Å². The van der Waals surface area contributed by atoms with Crippen molar-refractivity contribution in [3.8, 4) is 0 Å². The van der Waals surface area contributed by atoms with Crippen LogP contribution in [0.3, 0.4) is 0 Å². The summed E-state index contributed by atoms with van der Waals surface area (Å²) < 4.78 is 1.99. The van der Waals surface area contributed by atoms with Gasteiger partial charge in [0.05, 0.1) is 11.4 Å². The molecule has 1 aromatic rings. The first-order chi connectivity index (χ1) is 7.19. The van der Waals surface area contributed by atoms with E-state index in [1.807, 2.05) is 11.7 Å². The van der Waals surface area contributed by atoms with Crippen LogP contribution in [0.15, 0.2) is 6.07 Å². The highest BCUT2D eigenvalue weighted by molar-refractivity contribution is 5.10.